The van der Waals surface area contributed by atoms with E-state index in [-0.39, 0.29) is 18.0 Å². The lowest BCUT2D eigenvalue weighted by molar-refractivity contribution is 0.0963. The van der Waals surface area contributed by atoms with Crippen molar-refractivity contribution >= 4 is 11.9 Å². The van der Waals surface area contributed by atoms with Crippen molar-refractivity contribution in [1.29, 1.82) is 0 Å². The quantitative estimate of drug-likeness (QED) is 0.425. The lowest BCUT2D eigenvalue weighted by atomic mass is 9.90. The van der Waals surface area contributed by atoms with E-state index in [1.807, 2.05) is 28.9 Å². The Morgan fingerprint density at radius 3 is 2.35 bits per heavy atom. The van der Waals surface area contributed by atoms with Crippen LogP contribution >= 0.6 is 0 Å². The molecule has 1 amide bonds. The van der Waals surface area contributed by atoms with E-state index >= 15 is 0 Å². The van der Waals surface area contributed by atoms with E-state index in [9.17, 15) is 4.79 Å². The van der Waals surface area contributed by atoms with E-state index in [0.717, 1.165) is 22.4 Å². The zero-order chi connectivity index (χ0) is 23.7. The number of benzene rings is 3. The number of carbonyl (C=O) groups excluding carboxylic acids is 1. The molecule has 3 aromatic carbocycles. The van der Waals surface area contributed by atoms with Gasteiger partial charge >= 0.3 is 0 Å². The van der Waals surface area contributed by atoms with Crippen LogP contribution in [0.3, 0.4) is 0 Å². The van der Waals surface area contributed by atoms with E-state index in [1.54, 1.807) is 43.4 Å². The lowest BCUT2D eigenvalue weighted by Gasteiger charge is -2.39. The van der Waals surface area contributed by atoms with Crippen molar-refractivity contribution in [2.24, 2.45) is 0 Å². The van der Waals surface area contributed by atoms with Gasteiger partial charge in [0.15, 0.2) is 0 Å². The van der Waals surface area contributed by atoms with Crippen LogP contribution in [0.5, 0.6) is 11.5 Å². The molecule has 0 spiro atoms. The molecule has 0 aliphatic carbocycles. The molecule has 7 heteroatoms. The zero-order valence-electron chi connectivity index (χ0n) is 19.4. The van der Waals surface area contributed by atoms with Gasteiger partial charge in [0.2, 0.25) is 5.95 Å². The van der Waals surface area contributed by atoms with Crippen molar-refractivity contribution in [2.75, 3.05) is 19.1 Å². The summed E-state index contributed by atoms with van der Waals surface area (Å²) in [6.07, 6.45) is 2.13. The van der Waals surface area contributed by atoms with Crippen LogP contribution in [-0.4, -0.2) is 34.9 Å². The first-order valence-corrected chi connectivity index (χ1v) is 11.2. The molecule has 172 valence electrons. The van der Waals surface area contributed by atoms with Crippen molar-refractivity contribution in [3.63, 3.8) is 0 Å². The molecule has 2 atom stereocenters. The first-order chi connectivity index (χ1) is 16.6. The molecule has 0 saturated carbocycles. The number of amides is 1. The maximum Gasteiger partial charge on any atom is 0.261 e. The summed E-state index contributed by atoms with van der Waals surface area (Å²) < 4.78 is 12.7. The predicted molar refractivity (Wildman–Crippen MR) is 129 cm³/mol. The first kappa shape index (κ1) is 21.7. The highest BCUT2D eigenvalue weighted by Crippen LogP contribution is 2.44. The number of anilines is 1. The summed E-state index contributed by atoms with van der Waals surface area (Å²) in [6, 6.07) is 23.0. The van der Waals surface area contributed by atoms with Crippen LogP contribution in [0.2, 0.25) is 0 Å². The average molecular weight is 455 g/mol. The summed E-state index contributed by atoms with van der Waals surface area (Å²) in [7, 11) is 3.27. The Balaban J connectivity index is 1.64. The van der Waals surface area contributed by atoms with Crippen molar-refractivity contribution < 1.29 is 14.3 Å². The van der Waals surface area contributed by atoms with E-state index in [4.69, 9.17) is 9.47 Å². The monoisotopic (exact) mass is 454 g/mol. The van der Waals surface area contributed by atoms with Gasteiger partial charge in [0.05, 0.1) is 26.3 Å². The van der Waals surface area contributed by atoms with Gasteiger partial charge in [0.1, 0.15) is 17.8 Å². The van der Waals surface area contributed by atoms with Gasteiger partial charge in [-0.3, -0.25) is 9.69 Å². The second kappa shape index (κ2) is 9.02. The van der Waals surface area contributed by atoms with Gasteiger partial charge in [-0.15, -0.1) is 0 Å². The Hall–Kier alpha value is -4.13. The van der Waals surface area contributed by atoms with Gasteiger partial charge in [-0.2, -0.15) is 10.1 Å². The van der Waals surface area contributed by atoms with Gasteiger partial charge in [-0.05, 0) is 49.2 Å². The van der Waals surface area contributed by atoms with E-state index in [0.29, 0.717) is 23.7 Å². The molecule has 34 heavy (non-hydrogen) atoms. The minimum Gasteiger partial charge on any atom is -0.497 e. The van der Waals surface area contributed by atoms with Gasteiger partial charge in [0.25, 0.3) is 5.91 Å². The van der Waals surface area contributed by atoms with E-state index in [1.165, 1.54) is 6.33 Å². The van der Waals surface area contributed by atoms with Gasteiger partial charge in [0, 0.05) is 11.1 Å². The number of ether oxygens (including phenoxy) is 2. The minimum absolute atomic E-state index is 0.138. The number of para-hydroxylation sites is 1. The number of fused-ring (bicyclic) bond motifs is 1. The Kier molecular flexibility index (Phi) is 5.76. The smallest absolute Gasteiger partial charge is 0.261 e. The van der Waals surface area contributed by atoms with Gasteiger partial charge in [-0.1, -0.05) is 48.0 Å². The topological polar surface area (TPSA) is 69.5 Å². The number of rotatable bonds is 5. The SMILES string of the molecule is COc1ccc(C(=O)N2c3ncnn3[C@@H](c3ccccc3OC)C[C@H]2c2ccc(C)cc2)cc1. The maximum absolute atomic E-state index is 13.9. The Labute approximate surface area is 198 Å². The van der Waals surface area contributed by atoms with Crippen LogP contribution < -0.4 is 14.4 Å². The molecule has 0 N–H and O–H groups in total. The highest BCUT2D eigenvalue weighted by atomic mass is 16.5. The summed E-state index contributed by atoms with van der Waals surface area (Å²) in [6.45, 7) is 2.05. The van der Waals surface area contributed by atoms with E-state index in [2.05, 4.69) is 41.3 Å². The fraction of sp³-hybridized carbons (Fsp3) is 0.222. The summed E-state index contributed by atoms with van der Waals surface area (Å²) in [5.74, 6) is 1.85. The summed E-state index contributed by atoms with van der Waals surface area (Å²) >= 11 is 0. The normalized spacial score (nSPS) is 17.2. The van der Waals surface area contributed by atoms with Crippen LogP contribution in [0, 0.1) is 6.92 Å². The standard InChI is InChI=1S/C27H26N4O3/c1-18-8-10-19(11-9-18)23-16-24(22-6-4-5-7-25(22)34-3)31-27(28-17-29-31)30(23)26(32)20-12-14-21(33-2)15-13-20/h4-15,17,23-24H,16H2,1-3H3/t23-,24+/m0/s1. The molecule has 7 nitrogen and oxygen atoms in total. The molecule has 0 radical (unpaired) electrons. The van der Waals surface area contributed by atoms with Crippen LogP contribution in [0.15, 0.2) is 79.1 Å². The molecule has 2 heterocycles. The summed E-state index contributed by atoms with van der Waals surface area (Å²) in [5, 5.41) is 4.52. The van der Waals surface area contributed by atoms with Crippen LogP contribution in [-0.2, 0) is 0 Å². The molecule has 0 unspecified atom stereocenters. The van der Waals surface area contributed by atoms with Crippen molar-refractivity contribution in [3.8, 4) is 11.5 Å². The Bertz CT molecular complexity index is 1300. The molecule has 0 saturated heterocycles. The highest BCUT2D eigenvalue weighted by molar-refractivity contribution is 6.06. The third-order valence-electron chi connectivity index (χ3n) is 6.34. The van der Waals surface area contributed by atoms with Crippen LogP contribution in [0.25, 0.3) is 0 Å². The number of methoxy groups -OCH3 is 2. The molecule has 1 aliphatic heterocycles. The van der Waals surface area contributed by atoms with Crippen molar-refractivity contribution in [2.45, 2.75) is 25.4 Å². The number of aromatic nitrogens is 3. The van der Waals surface area contributed by atoms with Crippen molar-refractivity contribution in [3.05, 3.63) is 101 Å². The average Bonchev–Trinajstić information content (AvgIpc) is 3.38. The largest absolute Gasteiger partial charge is 0.497 e. The van der Waals surface area contributed by atoms with Crippen molar-refractivity contribution in [1.82, 2.24) is 14.8 Å². The predicted octanol–water partition coefficient (Wildman–Crippen LogP) is 4.98. The minimum atomic E-state index is -0.234. The Morgan fingerprint density at radius 2 is 1.65 bits per heavy atom. The molecular weight excluding hydrogens is 428 g/mol. The van der Waals surface area contributed by atoms with Gasteiger partial charge in [-0.25, -0.2) is 4.68 Å². The van der Waals surface area contributed by atoms with E-state index < -0.39 is 0 Å². The molecule has 1 aromatic heterocycles. The summed E-state index contributed by atoms with van der Waals surface area (Å²) in [4.78, 5) is 20.1. The first-order valence-electron chi connectivity index (χ1n) is 11.2. The second-order valence-electron chi connectivity index (χ2n) is 8.33. The Morgan fingerprint density at radius 1 is 0.912 bits per heavy atom. The molecule has 4 aromatic rings. The molecule has 5 rings (SSSR count). The van der Waals surface area contributed by atoms with Gasteiger partial charge < -0.3 is 9.47 Å². The third-order valence-corrected chi connectivity index (χ3v) is 6.34. The number of nitrogens with zero attached hydrogens (tertiary/aromatic N) is 4. The molecular formula is C27H26N4O3. The molecule has 0 bridgehead atoms. The number of aryl methyl sites for hydroxylation is 1. The highest BCUT2D eigenvalue weighted by Gasteiger charge is 2.40. The number of hydrogen-bond acceptors (Lipinski definition) is 5. The third kappa shape index (κ3) is 3.79. The summed E-state index contributed by atoms with van der Waals surface area (Å²) in [5.41, 5.74) is 3.77. The number of carbonyl (C=O) groups is 1. The maximum atomic E-state index is 13.9. The zero-order valence-corrected chi connectivity index (χ0v) is 19.4. The van der Waals surface area contributed by atoms with Crippen LogP contribution in [0.1, 0.15) is 45.6 Å². The fourth-order valence-electron chi connectivity index (χ4n) is 4.57. The van der Waals surface area contributed by atoms with Crippen LogP contribution in [0.4, 0.5) is 5.95 Å². The second-order valence-corrected chi connectivity index (χ2v) is 8.33. The molecule has 0 fully saturated rings. The number of hydrogen-bond donors (Lipinski definition) is 0. The lowest BCUT2D eigenvalue weighted by Crippen LogP contribution is -2.42. The fourth-order valence-corrected chi connectivity index (χ4v) is 4.57. The molecule has 1 aliphatic rings.